The SMILES string of the molecule is CCNCC1CCCCCC1Cc1c(C)cc(C)cc1C. The van der Waals surface area contributed by atoms with E-state index in [0.717, 1.165) is 18.4 Å². The van der Waals surface area contributed by atoms with E-state index < -0.39 is 0 Å². The number of nitrogens with one attached hydrogen (secondary N) is 1. The van der Waals surface area contributed by atoms with E-state index in [4.69, 9.17) is 0 Å². The van der Waals surface area contributed by atoms with E-state index in [0.29, 0.717) is 0 Å². The Balaban J connectivity index is 2.14. The monoisotopic (exact) mass is 287 g/mol. The summed E-state index contributed by atoms with van der Waals surface area (Å²) in [5.41, 5.74) is 6.02. The Morgan fingerprint density at radius 3 is 2.19 bits per heavy atom. The summed E-state index contributed by atoms with van der Waals surface area (Å²) in [4.78, 5) is 0. The van der Waals surface area contributed by atoms with Gasteiger partial charge in [-0.25, -0.2) is 0 Å². The zero-order valence-electron chi connectivity index (χ0n) is 14.5. The van der Waals surface area contributed by atoms with Crippen molar-refractivity contribution in [1.82, 2.24) is 5.32 Å². The first kappa shape index (κ1) is 16.5. The molecule has 0 amide bonds. The van der Waals surface area contributed by atoms with Crippen LogP contribution >= 0.6 is 0 Å². The van der Waals surface area contributed by atoms with E-state index in [1.54, 1.807) is 5.56 Å². The maximum absolute atomic E-state index is 3.60. The molecule has 0 bridgehead atoms. The van der Waals surface area contributed by atoms with E-state index in [9.17, 15) is 0 Å². The van der Waals surface area contributed by atoms with Crippen molar-refractivity contribution in [1.29, 1.82) is 0 Å². The zero-order chi connectivity index (χ0) is 15.2. The Bertz CT molecular complexity index is 426. The van der Waals surface area contributed by atoms with Gasteiger partial charge in [-0.1, -0.05) is 43.9 Å². The minimum atomic E-state index is 0.867. The molecule has 2 unspecified atom stereocenters. The molecule has 0 radical (unpaired) electrons. The van der Waals surface area contributed by atoms with Gasteiger partial charge in [-0.05, 0) is 81.6 Å². The van der Waals surface area contributed by atoms with E-state index in [-0.39, 0.29) is 0 Å². The van der Waals surface area contributed by atoms with Gasteiger partial charge in [0.15, 0.2) is 0 Å². The molecule has 1 aromatic rings. The van der Waals surface area contributed by atoms with Crippen LogP contribution < -0.4 is 5.32 Å². The zero-order valence-corrected chi connectivity index (χ0v) is 14.5. The Morgan fingerprint density at radius 2 is 1.57 bits per heavy atom. The standard InChI is InChI=1S/C20H33N/c1-5-21-14-19-10-8-6-7-9-18(19)13-20-16(3)11-15(2)12-17(20)4/h11-12,18-19,21H,5-10,13-14H2,1-4H3. The highest BCUT2D eigenvalue weighted by atomic mass is 14.8. The van der Waals surface area contributed by atoms with Crippen LogP contribution in [0.5, 0.6) is 0 Å². The Labute approximate surface area is 131 Å². The molecule has 1 aliphatic rings. The lowest BCUT2D eigenvalue weighted by Crippen LogP contribution is -2.29. The van der Waals surface area contributed by atoms with Crippen molar-refractivity contribution in [3.63, 3.8) is 0 Å². The molecular weight excluding hydrogens is 254 g/mol. The van der Waals surface area contributed by atoms with Crippen molar-refractivity contribution in [3.8, 4) is 0 Å². The van der Waals surface area contributed by atoms with Gasteiger partial charge in [0.1, 0.15) is 0 Å². The summed E-state index contributed by atoms with van der Waals surface area (Å²) in [6.07, 6.45) is 8.42. The van der Waals surface area contributed by atoms with Crippen molar-refractivity contribution in [3.05, 3.63) is 34.4 Å². The van der Waals surface area contributed by atoms with Crippen molar-refractivity contribution in [2.24, 2.45) is 11.8 Å². The molecule has 1 saturated carbocycles. The van der Waals surface area contributed by atoms with Crippen molar-refractivity contribution >= 4 is 0 Å². The van der Waals surface area contributed by atoms with Crippen LogP contribution in [0.3, 0.4) is 0 Å². The molecule has 0 heterocycles. The molecule has 21 heavy (non-hydrogen) atoms. The van der Waals surface area contributed by atoms with Gasteiger partial charge in [0.05, 0.1) is 0 Å². The smallest absolute Gasteiger partial charge is 0.00179 e. The van der Waals surface area contributed by atoms with E-state index in [1.165, 1.54) is 61.8 Å². The maximum Gasteiger partial charge on any atom is -0.00179 e. The molecule has 1 fully saturated rings. The predicted molar refractivity (Wildman–Crippen MR) is 93.0 cm³/mol. The third-order valence-electron chi connectivity index (χ3n) is 5.28. The lowest BCUT2D eigenvalue weighted by Gasteiger charge is -2.27. The van der Waals surface area contributed by atoms with E-state index >= 15 is 0 Å². The first-order chi connectivity index (χ1) is 10.1. The molecular formula is C20H33N. The largest absolute Gasteiger partial charge is 0.317 e. The second-order valence-corrected chi connectivity index (χ2v) is 7.05. The minimum absolute atomic E-state index is 0.867. The van der Waals surface area contributed by atoms with Crippen LogP contribution in [0.4, 0.5) is 0 Å². The third kappa shape index (κ3) is 4.57. The quantitative estimate of drug-likeness (QED) is 0.755. The van der Waals surface area contributed by atoms with Gasteiger partial charge < -0.3 is 5.32 Å². The second-order valence-electron chi connectivity index (χ2n) is 7.05. The van der Waals surface area contributed by atoms with Crippen LogP contribution in [0.2, 0.25) is 0 Å². The predicted octanol–water partition coefficient (Wildman–Crippen LogP) is 4.96. The van der Waals surface area contributed by atoms with Crippen molar-refractivity contribution in [2.75, 3.05) is 13.1 Å². The van der Waals surface area contributed by atoms with Crippen LogP contribution in [0.15, 0.2) is 12.1 Å². The highest BCUT2D eigenvalue weighted by Crippen LogP contribution is 2.33. The topological polar surface area (TPSA) is 12.0 Å². The molecule has 1 N–H and O–H groups in total. The summed E-state index contributed by atoms with van der Waals surface area (Å²) in [7, 11) is 0. The van der Waals surface area contributed by atoms with Gasteiger partial charge in [-0.15, -0.1) is 0 Å². The molecule has 0 saturated heterocycles. The average molecular weight is 287 g/mol. The first-order valence-corrected chi connectivity index (χ1v) is 8.89. The number of hydrogen-bond acceptors (Lipinski definition) is 1. The van der Waals surface area contributed by atoms with Gasteiger partial charge in [0.2, 0.25) is 0 Å². The number of rotatable bonds is 5. The lowest BCUT2D eigenvalue weighted by atomic mass is 9.81. The highest BCUT2D eigenvalue weighted by molar-refractivity contribution is 5.37. The lowest BCUT2D eigenvalue weighted by molar-refractivity contribution is 0.299. The number of hydrogen-bond donors (Lipinski definition) is 1. The summed E-state index contributed by atoms with van der Waals surface area (Å²) in [5.74, 6) is 1.74. The fraction of sp³-hybridized carbons (Fsp3) is 0.700. The molecule has 0 spiro atoms. The summed E-state index contributed by atoms with van der Waals surface area (Å²) in [6, 6.07) is 4.72. The van der Waals surface area contributed by atoms with Gasteiger partial charge >= 0.3 is 0 Å². The summed E-state index contributed by atoms with van der Waals surface area (Å²) < 4.78 is 0. The van der Waals surface area contributed by atoms with Crippen molar-refractivity contribution < 1.29 is 0 Å². The maximum atomic E-state index is 3.60. The minimum Gasteiger partial charge on any atom is -0.317 e. The van der Waals surface area contributed by atoms with E-state index in [1.807, 2.05) is 0 Å². The van der Waals surface area contributed by atoms with Crippen LogP contribution in [0, 0.1) is 32.6 Å². The highest BCUT2D eigenvalue weighted by Gasteiger charge is 2.24. The van der Waals surface area contributed by atoms with Crippen LogP contribution in [-0.4, -0.2) is 13.1 Å². The van der Waals surface area contributed by atoms with Crippen molar-refractivity contribution in [2.45, 2.75) is 66.2 Å². The number of aryl methyl sites for hydroxylation is 3. The first-order valence-electron chi connectivity index (χ1n) is 8.89. The van der Waals surface area contributed by atoms with Gasteiger partial charge in [-0.3, -0.25) is 0 Å². The molecule has 2 rings (SSSR count). The summed E-state index contributed by atoms with van der Waals surface area (Å²) >= 11 is 0. The van der Waals surface area contributed by atoms with Crippen LogP contribution in [-0.2, 0) is 6.42 Å². The average Bonchev–Trinajstić information content (AvgIpc) is 2.65. The Hall–Kier alpha value is -0.820. The fourth-order valence-electron chi connectivity index (χ4n) is 4.12. The van der Waals surface area contributed by atoms with Gasteiger partial charge in [0.25, 0.3) is 0 Å². The molecule has 1 heteroatoms. The van der Waals surface area contributed by atoms with Gasteiger partial charge in [0, 0.05) is 0 Å². The number of benzene rings is 1. The fourth-order valence-corrected chi connectivity index (χ4v) is 4.12. The molecule has 2 atom stereocenters. The normalized spacial score (nSPS) is 23.0. The second kappa shape index (κ2) is 7.98. The molecule has 1 aromatic carbocycles. The Kier molecular flexibility index (Phi) is 6.29. The summed E-state index contributed by atoms with van der Waals surface area (Å²) in [6.45, 7) is 11.3. The molecule has 1 nitrogen and oxygen atoms in total. The van der Waals surface area contributed by atoms with Gasteiger partial charge in [-0.2, -0.15) is 0 Å². The summed E-state index contributed by atoms with van der Waals surface area (Å²) in [5, 5.41) is 3.60. The molecule has 1 aliphatic carbocycles. The van der Waals surface area contributed by atoms with Crippen LogP contribution in [0.1, 0.15) is 61.3 Å². The molecule has 0 aliphatic heterocycles. The van der Waals surface area contributed by atoms with E-state index in [2.05, 4.69) is 45.1 Å². The molecule has 0 aromatic heterocycles. The van der Waals surface area contributed by atoms with Crippen LogP contribution in [0.25, 0.3) is 0 Å². The Morgan fingerprint density at radius 1 is 0.952 bits per heavy atom. The molecule has 118 valence electrons. The third-order valence-corrected chi connectivity index (χ3v) is 5.28.